The average Bonchev–Trinajstić information content (AvgIpc) is 3.36. The van der Waals surface area contributed by atoms with Crippen molar-refractivity contribution in [3.63, 3.8) is 0 Å². The number of halogens is 1. The lowest BCUT2D eigenvalue weighted by atomic mass is 10.1. The van der Waals surface area contributed by atoms with E-state index in [-0.39, 0.29) is 5.82 Å². The van der Waals surface area contributed by atoms with E-state index in [9.17, 15) is 4.39 Å². The molecule has 0 amide bonds. The van der Waals surface area contributed by atoms with Crippen LogP contribution in [0.2, 0.25) is 0 Å². The van der Waals surface area contributed by atoms with Crippen molar-refractivity contribution in [2.75, 3.05) is 33.9 Å². The van der Waals surface area contributed by atoms with Crippen LogP contribution in [0.1, 0.15) is 12.0 Å². The smallest absolute Gasteiger partial charge is 0.123 e. The summed E-state index contributed by atoms with van der Waals surface area (Å²) in [6.07, 6.45) is 3.18. The van der Waals surface area contributed by atoms with Gasteiger partial charge in [-0.3, -0.25) is 4.90 Å². The Labute approximate surface area is 170 Å². The van der Waals surface area contributed by atoms with Crippen molar-refractivity contribution in [2.45, 2.75) is 13.0 Å². The van der Waals surface area contributed by atoms with Crippen LogP contribution >= 0.6 is 0 Å². The third kappa shape index (κ3) is 4.49. The van der Waals surface area contributed by atoms with Crippen molar-refractivity contribution in [3.05, 3.63) is 66.1 Å². The summed E-state index contributed by atoms with van der Waals surface area (Å²) in [6, 6.07) is 14.4. The van der Waals surface area contributed by atoms with E-state index in [0.717, 1.165) is 60.9 Å². The summed E-state index contributed by atoms with van der Waals surface area (Å²) in [5.41, 5.74) is 3.63. The molecule has 0 saturated carbocycles. The predicted molar refractivity (Wildman–Crippen MR) is 111 cm³/mol. The molecule has 1 atom stereocenters. The second kappa shape index (κ2) is 8.76. The first-order valence-corrected chi connectivity index (χ1v) is 9.86. The highest BCUT2D eigenvalue weighted by molar-refractivity contribution is 5.63. The van der Waals surface area contributed by atoms with E-state index in [4.69, 9.17) is 14.6 Å². The van der Waals surface area contributed by atoms with Crippen LogP contribution in [-0.2, 0) is 11.3 Å². The van der Waals surface area contributed by atoms with E-state index < -0.39 is 0 Å². The molecule has 0 spiro atoms. The van der Waals surface area contributed by atoms with Gasteiger partial charge in [-0.15, -0.1) is 0 Å². The van der Waals surface area contributed by atoms with Crippen LogP contribution in [0.25, 0.3) is 16.9 Å². The van der Waals surface area contributed by atoms with Crippen molar-refractivity contribution in [1.82, 2.24) is 14.7 Å². The SMILES string of the molecule is COCC1CCN(Cc2cn(-c3ccc(OC)cc3)nc2-c2cccc(F)c2)C1. The molecule has 29 heavy (non-hydrogen) atoms. The lowest BCUT2D eigenvalue weighted by Crippen LogP contribution is -2.21. The van der Waals surface area contributed by atoms with Gasteiger partial charge in [-0.25, -0.2) is 9.07 Å². The minimum atomic E-state index is -0.256. The minimum Gasteiger partial charge on any atom is -0.497 e. The maximum absolute atomic E-state index is 13.9. The van der Waals surface area contributed by atoms with Gasteiger partial charge in [0.05, 0.1) is 25.1 Å². The Bertz CT molecular complexity index is 955. The lowest BCUT2D eigenvalue weighted by molar-refractivity contribution is 0.152. The summed E-state index contributed by atoms with van der Waals surface area (Å²) >= 11 is 0. The zero-order valence-corrected chi connectivity index (χ0v) is 16.8. The fourth-order valence-electron chi connectivity index (χ4n) is 3.94. The minimum absolute atomic E-state index is 0.256. The average molecular weight is 395 g/mol. The molecule has 0 bridgehead atoms. The van der Waals surface area contributed by atoms with Gasteiger partial charge in [0.15, 0.2) is 0 Å². The van der Waals surface area contributed by atoms with Gasteiger partial charge in [0.2, 0.25) is 0 Å². The third-order valence-electron chi connectivity index (χ3n) is 5.39. The van der Waals surface area contributed by atoms with Crippen LogP contribution in [0.5, 0.6) is 5.75 Å². The molecule has 5 nitrogen and oxygen atoms in total. The molecular weight excluding hydrogens is 369 g/mol. The number of rotatable bonds is 7. The molecule has 0 aliphatic carbocycles. The molecule has 1 aromatic heterocycles. The fraction of sp³-hybridized carbons (Fsp3) is 0.348. The second-order valence-corrected chi connectivity index (χ2v) is 7.50. The number of nitrogens with zero attached hydrogens (tertiary/aromatic N) is 3. The van der Waals surface area contributed by atoms with Crippen molar-refractivity contribution >= 4 is 0 Å². The standard InChI is InChI=1S/C23H26FN3O2/c1-28-16-17-10-11-26(13-17)14-19-15-27(21-6-8-22(29-2)9-7-21)25-23(19)18-4-3-5-20(24)12-18/h3-9,12,15,17H,10-11,13-14,16H2,1-2H3. The quantitative estimate of drug-likeness (QED) is 0.602. The van der Waals surface area contributed by atoms with Crippen LogP contribution < -0.4 is 4.74 Å². The van der Waals surface area contributed by atoms with Crippen LogP contribution in [-0.4, -0.2) is 48.6 Å². The van der Waals surface area contributed by atoms with Gasteiger partial charge < -0.3 is 9.47 Å². The number of aromatic nitrogens is 2. The molecule has 2 aromatic carbocycles. The van der Waals surface area contributed by atoms with Gasteiger partial charge in [0, 0.05) is 37.5 Å². The zero-order chi connectivity index (χ0) is 20.2. The molecule has 4 rings (SSSR count). The second-order valence-electron chi connectivity index (χ2n) is 7.50. The van der Waals surface area contributed by atoms with Gasteiger partial charge in [-0.05, 0) is 55.3 Å². The zero-order valence-electron chi connectivity index (χ0n) is 16.8. The Balaban J connectivity index is 1.65. The Kier molecular flexibility index (Phi) is 5.92. The molecule has 3 aromatic rings. The third-order valence-corrected chi connectivity index (χ3v) is 5.39. The van der Waals surface area contributed by atoms with Crippen molar-refractivity contribution < 1.29 is 13.9 Å². The van der Waals surface area contributed by atoms with Crippen LogP contribution in [0.4, 0.5) is 4.39 Å². The van der Waals surface area contributed by atoms with Crippen LogP contribution in [0.15, 0.2) is 54.7 Å². The number of hydrogen-bond acceptors (Lipinski definition) is 4. The number of methoxy groups -OCH3 is 2. The van der Waals surface area contributed by atoms with E-state index in [1.807, 2.05) is 41.2 Å². The van der Waals surface area contributed by atoms with Gasteiger partial charge in [0.25, 0.3) is 0 Å². The topological polar surface area (TPSA) is 39.5 Å². The normalized spacial score (nSPS) is 17.0. The summed E-state index contributed by atoms with van der Waals surface area (Å²) in [4.78, 5) is 2.42. The van der Waals surface area contributed by atoms with Gasteiger partial charge >= 0.3 is 0 Å². The number of benzene rings is 2. The molecule has 1 aliphatic heterocycles. The van der Waals surface area contributed by atoms with Crippen LogP contribution in [0.3, 0.4) is 0 Å². The Morgan fingerprint density at radius 1 is 1.14 bits per heavy atom. The van der Waals surface area contributed by atoms with Gasteiger partial charge in [0.1, 0.15) is 11.6 Å². The summed E-state index contributed by atoms with van der Waals surface area (Å²) < 4.78 is 26.3. The Hall–Kier alpha value is -2.70. The molecule has 152 valence electrons. The van der Waals surface area contributed by atoms with Crippen molar-refractivity contribution in [2.24, 2.45) is 5.92 Å². The van der Waals surface area contributed by atoms with Gasteiger partial charge in [-0.1, -0.05) is 12.1 Å². The fourth-order valence-corrected chi connectivity index (χ4v) is 3.94. The highest BCUT2D eigenvalue weighted by Gasteiger charge is 2.24. The summed E-state index contributed by atoms with van der Waals surface area (Å²) in [5, 5.41) is 4.80. The van der Waals surface area contributed by atoms with E-state index in [1.165, 1.54) is 6.07 Å². The lowest BCUT2D eigenvalue weighted by Gasteiger charge is -2.15. The number of likely N-dealkylation sites (tertiary alicyclic amines) is 1. The van der Waals surface area contributed by atoms with Crippen molar-refractivity contribution in [1.29, 1.82) is 0 Å². The predicted octanol–water partition coefficient (Wildman–Crippen LogP) is 4.16. The maximum Gasteiger partial charge on any atom is 0.123 e. The molecule has 6 heteroatoms. The van der Waals surface area contributed by atoms with Crippen LogP contribution in [0, 0.1) is 11.7 Å². The summed E-state index contributed by atoms with van der Waals surface area (Å²) in [7, 11) is 3.40. The molecule has 1 unspecified atom stereocenters. The van der Waals surface area contributed by atoms with E-state index in [0.29, 0.717) is 5.92 Å². The summed E-state index contributed by atoms with van der Waals surface area (Å²) in [6.45, 7) is 3.61. The Morgan fingerprint density at radius 3 is 2.69 bits per heavy atom. The highest BCUT2D eigenvalue weighted by atomic mass is 19.1. The van der Waals surface area contributed by atoms with Gasteiger partial charge in [-0.2, -0.15) is 5.10 Å². The first-order valence-electron chi connectivity index (χ1n) is 9.86. The number of hydrogen-bond donors (Lipinski definition) is 0. The van der Waals surface area contributed by atoms with E-state index in [2.05, 4.69) is 4.90 Å². The highest BCUT2D eigenvalue weighted by Crippen LogP contribution is 2.28. The molecule has 2 heterocycles. The largest absolute Gasteiger partial charge is 0.497 e. The molecule has 1 fully saturated rings. The van der Waals surface area contributed by atoms with E-state index >= 15 is 0 Å². The molecule has 1 saturated heterocycles. The monoisotopic (exact) mass is 395 g/mol. The molecule has 0 N–H and O–H groups in total. The number of ether oxygens (including phenoxy) is 2. The Morgan fingerprint density at radius 2 is 1.97 bits per heavy atom. The van der Waals surface area contributed by atoms with E-state index in [1.54, 1.807) is 26.4 Å². The van der Waals surface area contributed by atoms with Crippen molar-refractivity contribution in [3.8, 4) is 22.7 Å². The molecule has 1 aliphatic rings. The molecule has 0 radical (unpaired) electrons. The molecular formula is C23H26FN3O2. The summed E-state index contributed by atoms with van der Waals surface area (Å²) in [5.74, 6) is 1.11. The maximum atomic E-state index is 13.9. The first kappa shape index (κ1) is 19.6. The first-order chi connectivity index (χ1) is 14.2.